The second-order valence-electron chi connectivity index (χ2n) is 5.85. The van der Waals surface area contributed by atoms with Gasteiger partial charge in [-0.1, -0.05) is 18.5 Å². The second-order valence-corrected chi connectivity index (χ2v) is 6.28. The molecule has 1 aromatic rings. The molecule has 110 valence electrons. The van der Waals surface area contributed by atoms with Crippen molar-refractivity contribution >= 4 is 11.6 Å². The Labute approximate surface area is 123 Å². The van der Waals surface area contributed by atoms with Crippen molar-refractivity contribution in [2.75, 3.05) is 19.7 Å². The van der Waals surface area contributed by atoms with Gasteiger partial charge in [-0.2, -0.15) is 0 Å². The Bertz CT molecular complexity index is 503. The monoisotopic (exact) mass is 299 g/mol. The Hall–Kier alpha value is -0.840. The number of rotatable bonds is 1. The first kappa shape index (κ1) is 14.1. The summed E-state index contributed by atoms with van der Waals surface area (Å²) in [7, 11) is 0. The number of benzene rings is 1. The number of likely N-dealkylation sites (tertiary alicyclic amines) is 1. The minimum atomic E-state index is -0.645. The van der Waals surface area contributed by atoms with Crippen LogP contribution in [0.5, 0.6) is 5.75 Å². The summed E-state index contributed by atoms with van der Waals surface area (Å²) in [4.78, 5) is 2.22. The first-order valence-electron chi connectivity index (χ1n) is 7.10. The Morgan fingerprint density at radius 1 is 1.35 bits per heavy atom. The van der Waals surface area contributed by atoms with Crippen LogP contribution < -0.4 is 4.74 Å². The summed E-state index contributed by atoms with van der Waals surface area (Å²) in [5.74, 6) is 0.497. The van der Waals surface area contributed by atoms with Crippen molar-refractivity contribution in [1.29, 1.82) is 0 Å². The molecular formula is C15H19ClFNO2. The van der Waals surface area contributed by atoms with Crippen molar-refractivity contribution < 1.29 is 14.2 Å². The molecule has 3 rings (SSSR count). The highest BCUT2D eigenvalue weighted by Crippen LogP contribution is 2.40. The molecule has 0 aromatic heterocycles. The van der Waals surface area contributed by atoms with E-state index >= 15 is 0 Å². The lowest BCUT2D eigenvalue weighted by atomic mass is 9.92. The van der Waals surface area contributed by atoms with E-state index in [1.54, 1.807) is 6.07 Å². The fourth-order valence-corrected chi connectivity index (χ4v) is 3.38. The third-order valence-electron chi connectivity index (χ3n) is 4.33. The normalized spacial score (nSPS) is 28.0. The van der Waals surface area contributed by atoms with Gasteiger partial charge in [0.2, 0.25) is 0 Å². The third-order valence-corrected chi connectivity index (χ3v) is 4.55. The smallest absolute Gasteiger partial charge is 0.166 e. The molecule has 0 aliphatic carbocycles. The maximum Gasteiger partial charge on any atom is 0.166 e. The number of nitrogens with zero attached hydrogens (tertiary/aromatic N) is 1. The molecule has 2 heterocycles. The zero-order valence-electron chi connectivity index (χ0n) is 11.5. The highest BCUT2D eigenvalue weighted by molar-refractivity contribution is 6.30. The van der Waals surface area contributed by atoms with Gasteiger partial charge in [0.05, 0.1) is 6.04 Å². The van der Waals surface area contributed by atoms with Crippen LogP contribution in [0, 0.1) is 11.7 Å². The van der Waals surface area contributed by atoms with Crippen LogP contribution in [0.4, 0.5) is 4.39 Å². The maximum atomic E-state index is 14.0. The number of hydrogen-bond donors (Lipinski definition) is 1. The van der Waals surface area contributed by atoms with E-state index in [-0.39, 0.29) is 18.4 Å². The van der Waals surface area contributed by atoms with Gasteiger partial charge >= 0.3 is 0 Å². The lowest BCUT2D eigenvalue weighted by Gasteiger charge is -2.41. The summed E-state index contributed by atoms with van der Waals surface area (Å²) in [6.07, 6.45) is 1.55. The molecule has 1 saturated heterocycles. The minimum Gasteiger partial charge on any atom is -0.487 e. The molecule has 1 N–H and O–H groups in total. The van der Waals surface area contributed by atoms with Gasteiger partial charge in [0.1, 0.15) is 12.7 Å². The van der Waals surface area contributed by atoms with Gasteiger partial charge in [-0.15, -0.1) is 0 Å². The van der Waals surface area contributed by atoms with Crippen molar-refractivity contribution in [1.82, 2.24) is 4.90 Å². The Balaban J connectivity index is 1.95. The van der Waals surface area contributed by atoms with E-state index in [9.17, 15) is 9.50 Å². The van der Waals surface area contributed by atoms with Crippen molar-refractivity contribution in [3.8, 4) is 5.75 Å². The van der Waals surface area contributed by atoms with Gasteiger partial charge in [-0.25, -0.2) is 4.39 Å². The van der Waals surface area contributed by atoms with Crippen LogP contribution >= 0.6 is 11.6 Å². The van der Waals surface area contributed by atoms with Gasteiger partial charge in [0.15, 0.2) is 11.6 Å². The van der Waals surface area contributed by atoms with Gasteiger partial charge in [0.25, 0.3) is 0 Å². The van der Waals surface area contributed by atoms with E-state index in [1.807, 2.05) is 0 Å². The molecule has 0 amide bonds. The lowest BCUT2D eigenvalue weighted by molar-refractivity contribution is -0.0128. The summed E-state index contributed by atoms with van der Waals surface area (Å²) in [6.45, 7) is 4.19. The fraction of sp³-hybridized carbons (Fsp3) is 0.600. The molecule has 20 heavy (non-hydrogen) atoms. The topological polar surface area (TPSA) is 32.7 Å². The van der Waals surface area contributed by atoms with Crippen LogP contribution in [-0.4, -0.2) is 35.8 Å². The SMILES string of the molecule is CC1CCN(C2c3cc(Cl)cc(F)c3OCC2O)CC1. The average Bonchev–Trinajstić information content (AvgIpc) is 2.40. The van der Waals surface area contributed by atoms with E-state index in [0.717, 1.165) is 25.9 Å². The number of aliphatic hydroxyl groups excluding tert-OH is 1. The molecule has 2 aliphatic heterocycles. The van der Waals surface area contributed by atoms with Crippen molar-refractivity contribution in [2.45, 2.75) is 31.9 Å². The quantitative estimate of drug-likeness (QED) is 0.865. The fourth-order valence-electron chi connectivity index (χ4n) is 3.17. The van der Waals surface area contributed by atoms with Crippen molar-refractivity contribution in [3.05, 3.63) is 28.5 Å². The largest absolute Gasteiger partial charge is 0.487 e. The van der Waals surface area contributed by atoms with Crippen LogP contribution in [0.1, 0.15) is 31.4 Å². The number of aliphatic hydroxyl groups is 1. The molecule has 3 nitrogen and oxygen atoms in total. The Morgan fingerprint density at radius 3 is 2.75 bits per heavy atom. The maximum absolute atomic E-state index is 14.0. The summed E-state index contributed by atoms with van der Waals surface area (Å²) in [6, 6.07) is 2.75. The van der Waals surface area contributed by atoms with Gasteiger partial charge in [0, 0.05) is 10.6 Å². The molecule has 0 spiro atoms. The summed E-state index contributed by atoms with van der Waals surface area (Å²) in [5.41, 5.74) is 0.670. The molecule has 2 atom stereocenters. The number of piperidine rings is 1. The van der Waals surface area contributed by atoms with Crippen LogP contribution in [-0.2, 0) is 0 Å². The summed E-state index contributed by atoms with van der Waals surface area (Å²) < 4.78 is 19.3. The van der Waals surface area contributed by atoms with Crippen LogP contribution in [0.3, 0.4) is 0 Å². The number of fused-ring (bicyclic) bond motifs is 1. The van der Waals surface area contributed by atoms with E-state index in [4.69, 9.17) is 16.3 Å². The zero-order valence-corrected chi connectivity index (χ0v) is 12.2. The predicted octanol–water partition coefficient (Wildman–Crippen LogP) is 3.01. The van der Waals surface area contributed by atoms with E-state index < -0.39 is 11.9 Å². The van der Waals surface area contributed by atoms with E-state index in [1.165, 1.54) is 6.07 Å². The number of halogens is 2. The predicted molar refractivity (Wildman–Crippen MR) is 75.6 cm³/mol. The van der Waals surface area contributed by atoms with Crippen LogP contribution in [0.25, 0.3) is 0 Å². The first-order chi connectivity index (χ1) is 9.56. The molecule has 0 saturated carbocycles. The van der Waals surface area contributed by atoms with E-state index in [2.05, 4.69) is 11.8 Å². The molecule has 0 bridgehead atoms. The average molecular weight is 300 g/mol. The van der Waals surface area contributed by atoms with E-state index in [0.29, 0.717) is 16.5 Å². The molecule has 5 heteroatoms. The van der Waals surface area contributed by atoms with Crippen LogP contribution in [0.15, 0.2) is 12.1 Å². The van der Waals surface area contributed by atoms with Gasteiger partial charge in [-0.3, -0.25) is 4.90 Å². The third kappa shape index (κ3) is 2.52. The first-order valence-corrected chi connectivity index (χ1v) is 7.48. The van der Waals surface area contributed by atoms with Crippen LogP contribution in [0.2, 0.25) is 5.02 Å². The zero-order chi connectivity index (χ0) is 14.3. The molecule has 2 aliphatic rings. The van der Waals surface area contributed by atoms with Crippen molar-refractivity contribution in [3.63, 3.8) is 0 Å². The Kier molecular flexibility index (Phi) is 3.89. The number of ether oxygens (including phenoxy) is 1. The van der Waals surface area contributed by atoms with Gasteiger partial charge < -0.3 is 9.84 Å². The molecule has 2 unspecified atom stereocenters. The minimum absolute atomic E-state index is 0.127. The summed E-state index contributed by atoms with van der Waals surface area (Å²) >= 11 is 5.96. The standard InChI is InChI=1S/C15H19ClFNO2/c1-9-2-4-18(5-3-9)14-11-6-10(16)7-12(17)15(11)20-8-13(14)19/h6-7,9,13-14,19H,2-5,8H2,1H3. The summed E-state index contributed by atoms with van der Waals surface area (Å²) in [5, 5.41) is 10.6. The molecule has 1 aromatic carbocycles. The number of hydrogen-bond acceptors (Lipinski definition) is 3. The molecular weight excluding hydrogens is 281 g/mol. The highest BCUT2D eigenvalue weighted by Gasteiger charge is 2.37. The van der Waals surface area contributed by atoms with Gasteiger partial charge in [-0.05, 0) is 44.0 Å². The molecule has 1 fully saturated rings. The second kappa shape index (κ2) is 5.51. The Morgan fingerprint density at radius 2 is 2.05 bits per heavy atom. The highest BCUT2D eigenvalue weighted by atomic mass is 35.5. The lowest BCUT2D eigenvalue weighted by Crippen LogP contribution is -2.45. The molecule has 0 radical (unpaired) electrons. The van der Waals surface area contributed by atoms with Crippen molar-refractivity contribution in [2.24, 2.45) is 5.92 Å².